The Morgan fingerprint density at radius 2 is 1.89 bits per heavy atom. The monoisotopic (exact) mass is 261 g/mol. The number of benzene rings is 1. The summed E-state index contributed by atoms with van der Waals surface area (Å²) >= 11 is 0. The zero-order chi connectivity index (χ0) is 13.7. The molecule has 1 heterocycles. The Hall–Kier alpha value is -0.860. The molecule has 0 aromatic heterocycles. The van der Waals surface area contributed by atoms with Crippen LogP contribution in [0, 0.1) is 5.92 Å². The molecule has 3 unspecified atom stereocenters. The minimum Gasteiger partial charge on any atom is -0.378 e. The molecule has 0 bridgehead atoms. The Morgan fingerprint density at radius 3 is 2.42 bits per heavy atom. The van der Waals surface area contributed by atoms with Crippen LogP contribution in [0.25, 0.3) is 0 Å². The van der Waals surface area contributed by atoms with Crippen LogP contribution < -0.4 is 5.32 Å². The Kier molecular flexibility index (Phi) is 5.41. The first kappa shape index (κ1) is 14.5. The van der Waals surface area contributed by atoms with Crippen LogP contribution in [-0.2, 0) is 17.6 Å². The largest absolute Gasteiger partial charge is 0.378 e. The van der Waals surface area contributed by atoms with Gasteiger partial charge in [-0.15, -0.1) is 0 Å². The van der Waals surface area contributed by atoms with Crippen molar-refractivity contribution in [3.63, 3.8) is 0 Å². The van der Waals surface area contributed by atoms with E-state index in [0.717, 1.165) is 26.0 Å². The molecule has 1 fully saturated rings. The molecule has 1 N–H and O–H groups in total. The third kappa shape index (κ3) is 3.80. The smallest absolute Gasteiger partial charge is 0.0590 e. The van der Waals surface area contributed by atoms with Crippen molar-refractivity contribution in [3.05, 3.63) is 35.4 Å². The second kappa shape index (κ2) is 7.06. The van der Waals surface area contributed by atoms with Gasteiger partial charge in [0.1, 0.15) is 0 Å². The average molecular weight is 261 g/mol. The van der Waals surface area contributed by atoms with Crippen LogP contribution in [-0.4, -0.2) is 25.3 Å². The average Bonchev–Trinajstić information content (AvgIpc) is 2.85. The summed E-state index contributed by atoms with van der Waals surface area (Å²) in [6.07, 6.45) is 3.80. The summed E-state index contributed by atoms with van der Waals surface area (Å²) in [5, 5.41) is 3.65. The van der Waals surface area contributed by atoms with Crippen molar-refractivity contribution in [2.45, 2.75) is 52.2 Å². The maximum Gasteiger partial charge on any atom is 0.0590 e. The molecule has 1 aliphatic heterocycles. The molecule has 3 atom stereocenters. The van der Waals surface area contributed by atoms with Gasteiger partial charge in [0.15, 0.2) is 0 Å². The molecule has 1 aromatic rings. The molecule has 1 saturated heterocycles. The van der Waals surface area contributed by atoms with Crippen molar-refractivity contribution in [3.8, 4) is 0 Å². The lowest BCUT2D eigenvalue weighted by Crippen LogP contribution is -2.40. The van der Waals surface area contributed by atoms with Gasteiger partial charge in [-0.3, -0.25) is 0 Å². The minimum atomic E-state index is 0.388. The molecule has 0 saturated carbocycles. The number of aryl methyl sites for hydroxylation is 1. The molecule has 2 rings (SSSR count). The first-order valence-electron chi connectivity index (χ1n) is 7.67. The maximum absolute atomic E-state index is 5.73. The predicted octanol–water partition coefficient (Wildman–Crippen LogP) is 3.19. The van der Waals surface area contributed by atoms with E-state index in [2.05, 4.69) is 50.4 Å². The lowest BCUT2D eigenvalue weighted by molar-refractivity contribution is 0.0956. The third-order valence-electron chi connectivity index (χ3n) is 4.30. The van der Waals surface area contributed by atoms with E-state index in [1.807, 2.05) is 0 Å². The second-order valence-electron chi connectivity index (χ2n) is 5.57. The lowest BCUT2D eigenvalue weighted by atomic mass is 9.88. The van der Waals surface area contributed by atoms with Crippen LogP contribution in [0.4, 0.5) is 0 Å². The van der Waals surface area contributed by atoms with E-state index in [9.17, 15) is 0 Å². The number of hydrogen-bond donors (Lipinski definition) is 1. The first-order chi connectivity index (χ1) is 9.24. The summed E-state index contributed by atoms with van der Waals surface area (Å²) in [6.45, 7) is 8.55. The second-order valence-corrected chi connectivity index (χ2v) is 5.57. The Balaban J connectivity index is 2.02. The molecule has 1 aromatic carbocycles. The fourth-order valence-electron chi connectivity index (χ4n) is 3.08. The highest BCUT2D eigenvalue weighted by molar-refractivity contribution is 5.23. The van der Waals surface area contributed by atoms with Crippen molar-refractivity contribution >= 4 is 0 Å². The first-order valence-corrected chi connectivity index (χ1v) is 7.67. The predicted molar refractivity (Wildman–Crippen MR) is 80.5 cm³/mol. The molecule has 0 aliphatic carbocycles. The molecular formula is C17H27NO. The highest BCUT2D eigenvalue weighted by atomic mass is 16.5. The number of rotatable bonds is 6. The zero-order valence-electron chi connectivity index (χ0n) is 12.5. The van der Waals surface area contributed by atoms with Crippen molar-refractivity contribution in [1.29, 1.82) is 0 Å². The Labute approximate surface area is 117 Å². The van der Waals surface area contributed by atoms with E-state index in [4.69, 9.17) is 4.74 Å². The fourth-order valence-corrected chi connectivity index (χ4v) is 3.08. The Bertz CT molecular complexity index is 373. The standard InChI is InChI=1S/C17H27NO/c1-4-14-6-8-15(9-7-14)12-17(18-5-2)16-10-11-19-13(16)3/h6-9,13,16-18H,4-5,10-12H2,1-3H3. The zero-order valence-corrected chi connectivity index (χ0v) is 12.5. The lowest BCUT2D eigenvalue weighted by Gasteiger charge is -2.26. The van der Waals surface area contributed by atoms with Gasteiger partial charge in [-0.2, -0.15) is 0 Å². The quantitative estimate of drug-likeness (QED) is 0.849. The van der Waals surface area contributed by atoms with Gasteiger partial charge < -0.3 is 10.1 Å². The highest BCUT2D eigenvalue weighted by Crippen LogP contribution is 2.26. The summed E-state index contributed by atoms with van der Waals surface area (Å²) in [7, 11) is 0. The van der Waals surface area contributed by atoms with E-state index < -0.39 is 0 Å². The van der Waals surface area contributed by atoms with E-state index in [1.54, 1.807) is 0 Å². The third-order valence-corrected chi connectivity index (χ3v) is 4.30. The summed E-state index contributed by atoms with van der Waals surface area (Å²) in [4.78, 5) is 0. The molecule has 0 amide bonds. The molecule has 19 heavy (non-hydrogen) atoms. The number of likely N-dealkylation sites (N-methyl/N-ethyl adjacent to an activating group) is 1. The molecule has 2 nitrogen and oxygen atoms in total. The SMILES string of the molecule is CCNC(Cc1ccc(CC)cc1)C1CCOC1C. The van der Waals surface area contributed by atoms with Crippen LogP contribution in [0.5, 0.6) is 0 Å². The number of nitrogens with one attached hydrogen (secondary N) is 1. The van der Waals surface area contributed by atoms with E-state index >= 15 is 0 Å². The van der Waals surface area contributed by atoms with E-state index in [0.29, 0.717) is 18.1 Å². The topological polar surface area (TPSA) is 21.3 Å². The summed E-state index contributed by atoms with van der Waals surface area (Å²) < 4.78 is 5.73. The normalized spacial score (nSPS) is 24.6. The number of hydrogen-bond acceptors (Lipinski definition) is 2. The molecule has 1 aliphatic rings. The van der Waals surface area contributed by atoms with Gasteiger partial charge in [-0.25, -0.2) is 0 Å². The molecular weight excluding hydrogens is 234 g/mol. The maximum atomic E-state index is 5.73. The summed E-state index contributed by atoms with van der Waals surface area (Å²) in [5.74, 6) is 0.644. The van der Waals surface area contributed by atoms with Crippen molar-refractivity contribution in [1.82, 2.24) is 5.32 Å². The van der Waals surface area contributed by atoms with Gasteiger partial charge in [-0.1, -0.05) is 38.1 Å². The van der Waals surface area contributed by atoms with E-state index in [1.165, 1.54) is 17.5 Å². The Morgan fingerprint density at radius 1 is 1.21 bits per heavy atom. The van der Waals surface area contributed by atoms with Crippen molar-refractivity contribution in [2.75, 3.05) is 13.2 Å². The molecule has 0 radical (unpaired) electrons. The molecule has 0 spiro atoms. The van der Waals surface area contributed by atoms with Crippen LogP contribution in [0.2, 0.25) is 0 Å². The van der Waals surface area contributed by atoms with Crippen LogP contribution in [0.3, 0.4) is 0 Å². The van der Waals surface area contributed by atoms with Crippen LogP contribution >= 0.6 is 0 Å². The van der Waals surface area contributed by atoms with Crippen LogP contribution in [0.1, 0.15) is 38.3 Å². The van der Waals surface area contributed by atoms with E-state index in [-0.39, 0.29) is 0 Å². The fraction of sp³-hybridized carbons (Fsp3) is 0.647. The van der Waals surface area contributed by atoms with Gasteiger partial charge in [0.05, 0.1) is 6.10 Å². The molecule has 2 heteroatoms. The molecule has 106 valence electrons. The van der Waals surface area contributed by atoms with Crippen molar-refractivity contribution < 1.29 is 4.74 Å². The van der Waals surface area contributed by atoms with Gasteiger partial charge in [0.25, 0.3) is 0 Å². The minimum absolute atomic E-state index is 0.388. The van der Waals surface area contributed by atoms with Gasteiger partial charge in [0, 0.05) is 18.6 Å². The summed E-state index contributed by atoms with van der Waals surface area (Å²) in [5.41, 5.74) is 2.85. The van der Waals surface area contributed by atoms with Crippen molar-refractivity contribution in [2.24, 2.45) is 5.92 Å². The van der Waals surface area contributed by atoms with Gasteiger partial charge >= 0.3 is 0 Å². The van der Waals surface area contributed by atoms with Gasteiger partial charge in [-0.05, 0) is 43.9 Å². The van der Waals surface area contributed by atoms with Crippen LogP contribution in [0.15, 0.2) is 24.3 Å². The number of ether oxygens (including phenoxy) is 1. The highest BCUT2D eigenvalue weighted by Gasteiger charge is 2.31. The van der Waals surface area contributed by atoms with Gasteiger partial charge in [0.2, 0.25) is 0 Å². The summed E-state index contributed by atoms with van der Waals surface area (Å²) in [6, 6.07) is 9.61.